The zero-order valence-corrected chi connectivity index (χ0v) is 46.9. The summed E-state index contributed by atoms with van der Waals surface area (Å²) in [5, 5.41) is 0.292. The van der Waals surface area contributed by atoms with Gasteiger partial charge in [0.05, 0.1) is 37.0 Å². The lowest BCUT2D eigenvalue weighted by Crippen LogP contribution is -2.49. The Labute approximate surface area is 453 Å². The van der Waals surface area contributed by atoms with Gasteiger partial charge in [0.1, 0.15) is 67.9 Å². The number of amides is 1. The summed E-state index contributed by atoms with van der Waals surface area (Å²) >= 11 is 11.8. The molecule has 4 aromatic heterocycles. The number of imidazole rings is 1. The zero-order chi connectivity index (χ0) is 54.4. The molecule has 28 heteroatoms. The van der Waals surface area contributed by atoms with Gasteiger partial charge in [0.2, 0.25) is 6.54 Å². The lowest BCUT2D eigenvalue weighted by molar-refractivity contribution is -0.0617. The molecular formula is C49H56FN9O13P2S2Si. The minimum atomic E-state index is -4.38. The number of rotatable bonds is 12. The average molecular weight is 1150 g/mol. The standard InChI is InChI=1S/C49H56FN9O13P2S2Si/c1-49(2,3)77(5,6)72-40-38-34(69-47(40)58-24-32-18-13-20-57(41-35(32)42(58)53-27-52-41)44(60)30-14-9-7-10-15-30)26-67-74(76,65-22-19-51-4)71-39-36(50)33(25-66-73(63,75)70-38)68-46(39)59-29-54-37-43(59)55-28-56(45(37)61)21-23-64-48(62)31-16-11-8-12-17-31/h7-12,14-17,24,27-29,33-34,36,38-40,46-47H,13,18-23,25-26H2,1-3,5-6H3,(H,63,75)/t33-,34-,36-,38-,39-,40-,46-,47-,73?,74?/m1/s1. The Balaban J connectivity index is 0.983. The quantitative estimate of drug-likeness (QED) is 0.0420. The first kappa shape index (κ1) is 55.2. The normalized spacial score (nSPS) is 28.0. The summed E-state index contributed by atoms with van der Waals surface area (Å²) in [6.07, 6.45) is -4.18. The molecule has 4 aliphatic rings. The van der Waals surface area contributed by atoms with Crippen molar-refractivity contribution in [2.75, 3.05) is 44.4 Å². The smallest absolute Gasteiger partial charge is 0.338 e. The van der Waals surface area contributed by atoms with Gasteiger partial charge in [-0.05, 0) is 84.4 Å². The average Bonchev–Trinajstić information content (AvgIpc) is 4.19. The number of ether oxygens (including phenoxy) is 3. The second-order valence-electron chi connectivity index (χ2n) is 20.2. The topological polar surface area (TPSA) is 228 Å². The SMILES string of the molecule is [C-]#[N+]CCOP1(=S)OC[C@H]2O[C@@H](n3cc4c5c(ncnc53)N(C(=O)c3ccccc3)CCC4)[C@H](O[Si](C)(C)C(C)(C)C)[C@@H]2OP(O)(=S)OC[C@H]2O[C@@H](n3cnc4c(=O)n(CCOC(=O)c5ccccc5)cnc43)[C@H](O1)[C@@H]2F. The molecule has 8 heterocycles. The highest BCUT2D eigenvalue weighted by molar-refractivity contribution is 8.07. The number of aryl methyl sites for hydroxylation is 1. The number of carbonyl (C=O) groups is 2. The predicted octanol–water partition coefficient (Wildman–Crippen LogP) is 7.21. The predicted molar refractivity (Wildman–Crippen MR) is 287 cm³/mol. The van der Waals surface area contributed by atoms with Crippen LogP contribution in [0.15, 0.2) is 90.6 Å². The molecular weight excluding hydrogens is 1100 g/mol. The summed E-state index contributed by atoms with van der Waals surface area (Å²) in [6, 6.07) is 17.4. The van der Waals surface area contributed by atoms with Crippen molar-refractivity contribution >= 4 is 85.3 Å². The van der Waals surface area contributed by atoms with Crippen molar-refractivity contribution in [3.05, 3.63) is 124 Å². The molecule has 0 radical (unpaired) electrons. The third-order valence-electron chi connectivity index (χ3n) is 14.2. The number of halogens is 1. The second kappa shape index (κ2) is 22.2. The van der Waals surface area contributed by atoms with Crippen LogP contribution in [0.5, 0.6) is 0 Å². The summed E-state index contributed by atoms with van der Waals surface area (Å²) in [4.78, 5) is 75.7. The number of esters is 1. The molecule has 1 amide bonds. The number of alkyl halides is 1. The van der Waals surface area contributed by atoms with Crippen molar-refractivity contribution in [1.29, 1.82) is 0 Å². The fourth-order valence-corrected chi connectivity index (χ4v) is 14.1. The number of hydrogen-bond donors (Lipinski definition) is 1. The van der Waals surface area contributed by atoms with Crippen LogP contribution < -0.4 is 10.5 Å². The molecule has 2 unspecified atom stereocenters. The van der Waals surface area contributed by atoms with E-state index in [4.69, 9.17) is 76.4 Å². The molecule has 0 spiro atoms. The minimum absolute atomic E-state index is 0.0136. The summed E-state index contributed by atoms with van der Waals surface area (Å²) in [7, 11) is -2.79. The molecule has 0 saturated carbocycles. The van der Waals surface area contributed by atoms with Gasteiger partial charge in [-0.3, -0.25) is 32.7 Å². The number of hydrogen-bond acceptors (Lipinski definition) is 18. The fourth-order valence-electron chi connectivity index (χ4n) is 9.35. The Morgan fingerprint density at radius 3 is 2.34 bits per heavy atom. The zero-order valence-electron chi connectivity index (χ0n) is 42.5. The lowest BCUT2D eigenvalue weighted by atomic mass is 10.1. The van der Waals surface area contributed by atoms with Crippen LogP contribution in [-0.2, 0) is 77.8 Å². The van der Waals surface area contributed by atoms with Crippen LogP contribution in [0, 0.1) is 6.57 Å². The lowest BCUT2D eigenvalue weighted by Gasteiger charge is -2.41. The maximum absolute atomic E-state index is 17.1. The summed E-state index contributed by atoms with van der Waals surface area (Å²) in [6.45, 7) is 7.95. The molecule has 1 N–H and O–H groups in total. The maximum atomic E-state index is 17.1. The highest BCUT2D eigenvalue weighted by Crippen LogP contribution is 2.58. The van der Waals surface area contributed by atoms with Gasteiger partial charge in [-0.2, -0.15) is 0 Å². The molecule has 2 aromatic carbocycles. The number of fused-ring (bicyclic) bond motifs is 4. The van der Waals surface area contributed by atoms with Gasteiger partial charge in [-0.25, -0.2) is 35.7 Å². The first-order chi connectivity index (χ1) is 36.8. The Kier molecular flexibility index (Phi) is 15.9. The van der Waals surface area contributed by atoms with Crippen molar-refractivity contribution < 1.29 is 60.1 Å². The van der Waals surface area contributed by atoms with Crippen molar-refractivity contribution in [2.24, 2.45) is 0 Å². The minimum Gasteiger partial charge on any atom is -0.460 e. The molecule has 4 aliphatic heterocycles. The summed E-state index contributed by atoms with van der Waals surface area (Å²) < 4.78 is 78.8. The van der Waals surface area contributed by atoms with E-state index < -0.39 is 95.6 Å². The van der Waals surface area contributed by atoms with E-state index in [1.54, 1.807) is 59.5 Å². The number of aromatic nitrogens is 7. The molecule has 10 atom stereocenters. The van der Waals surface area contributed by atoms with E-state index in [9.17, 15) is 19.3 Å². The molecule has 408 valence electrons. The molecule has 22 nitrogen and oxygen atoms in total. The molecule has 3 saturated heterocycles. The van der Waals surface area contributed by atoms with Gasteiger partial charge in [-0.15, -0.1) is 0 Å². The van der Waals surface area contributed by atoms with Gasteiger partial charge < -0.3 is 46.5 Å². The van der Waals surface area contributed by atoms with E-state index >= 15 is 4.39 Å². The highest BCUT2D eigenvalue weighted by Gasteiger charge is 2.56. The molecule has 10 rings (SSSR count). The van der Waals surface area contributed by atoms with Gasteiger partial charge in [0.15, 0.2) is 38.1 Å². The summed E-state index contributed by atoms with van der Waals surface area (Å²) in [5.41, 5.74) is 1.43. The Morgan fingerprint density at radius 1 is 0.896 bits per heavy atom. The van der Waals surface area contributed by atoms with Crippen LogP contribution in [0.2, 0.25) is 18.1 Å². The third-order valence-corrected chi connectivity index (χ3v) is 22.6. The summed E-state index contributed by atoms with van der Waals surface area (Å²) in [5.74, 6) is -0.348. The van der Waals surface area contributed by atoms with E-state index in [0.717, 1.165) is 5.56 Å². The van der Waals surface area contributed by atoms with E-state index in [0.29, 0.717) is 47.4 Å². The van der Waals surface area contributed by atoms with Crippen molar-refractivity contribution in [1.82, 2.24) is 33.6 Å². The van der Waals surface area contributed by atoms with E-state index in [1.165, 1.54) is 28.1 Å². The molecule has 6 aromatic rings. The van der Waals surface area contributed by atoms with E-state index in [2.05, 4.69) is 53.7 Å². The fraction of sp³-hybridized carbons (Fsp3) is 0.469. The van der Waals surface area contributed by atoms with Crippen LogP contribution in [0.25, 0.3) is 27.0 Å². The van der Waals surface area contributed by atoms with Crippen molar-refractivity contribution in [2.45, 2.75) is 107 Å². The van der Waals surface area contributed by atoms with E-state index in [-0.39, 0.29) is 48.4 Å². The first-order valence-corrected chi connectivity index (χ1v) is 32.9. The van der Waals surface area contributed by atoms with Crippen LogP contribution in [0.4, 0.5) is 10.2 Å². The van der Waals surface area contributed by atoms with Crippen molar-refractivity contribution in [3.8, 4) is 0 Å². The van der Waals surface area contributed by atoms with Crippen LogP contribution in [-0.4, -0.2) is 135 Å². The first-order valence-electron chi connectivity index (χ1n) is 24.8. The Bertz CT molecular complexity index is 3380. The Hall–Kier alpha value is -5.07. The largest absolute Gasteiger partial charge is 0.460 e. The van der Waals surface area contributed by atoms with E-state index in [1.807, 2.05) is 16.8 Å². The number of anilines is 1. The monoisotopic (exact) mass is 1150 g/mol. The number of nitrogens with zero attached hydrogens (tertiary/aromatic N) is 9. The van der Waals surface area contributed by atoms with Crippen LogP contribution >= 0.6 is 13.4 Å². The van der Waals surface area contributed by atoms with Crippen LogP contribution in [0.1, 0.15) is 65.9 Å². The number of carbonyl (C=O) groups excluding carboxylic acids is 2. The highest BCUT2D eigenvalue weighted by atomic mass is 32.5. The number of benzene rings is 2. The molecule has 0 aliphatic carbocycles. The second-order valence-corrected chi connectivity index (χ2v) is 30.7. The third kappa shape index (κ3) is 11.3. The van der Waals surface area contributed by atoms with Gasteiger partial charge in [0.25, 0.3) is 11.5 Å². The molecule has 3 fully saturated rings. The molecule has 77 heavy (non-hydrogen) atoms. The van der Waals surface area contributed by atoms with Gasteiger partial charge >= 0.3 is 19.4 Å². The van der Waals surface area contributed by atoms with Gasteiger partial charge in [-0.1, -0.05) is 57.2 Å². The van der Waals surface area contributed by atoms with Crippen molar-refractivity contribution in [3.63, 3.8) is 0 Å². The van der Waals surface area contributed by atoms with Gasteiger partial charge in [0, 0.05) is 18.3 Å². The Morgan fingerprint density at radius 2 is 1.61 bits per heavy atom. The molecule has 2 bridgehead atoms. The van der Waals surface area contributed by atoms with Crippen LogP contribution in [0.3, 0.4) is 0 Å². The maximum Gasteiger partial charge on any atom is 0.338 e.